The molecule has 0 aliphatic heterocycles. The molecular weight excluding hydrogens is 235 g/mol. The molecule has 3 nitrogen and oxygen atoms in total. The fourth-order valence-electron chi connectivity index (χ4n) is 1.35. The summed E-state index contributed by atoms with van der Waals surface area (Å²) >= 11 is 0. The van der Waals surface area contributed by atoms with Gasteiger partial charge in [0.05, 0.1) is 19.6 Å². The molecule has 1 aromatic carbocycles. The van der Waals surface area contributed by atoms with Crippen LogP contribution in [0, 0.1) is 5.82 Å². The maximum atomic E-state index is 13.2. The maximum absolute atomic E-state index is 13.2. The van der Waals surface area contributed by atoms with Crippen LogP contribution in [0.5, 0.6) is 0 Å². The second-order valence-corrected chi connectivity index (χ2v) is 4.98. The highest BCUT2D eigenvalue weighted by Crippen LogP contribution is 2.10. The van der Waals surface area contributed by atoms with Crippen molar-refractivity contribution in [2.45, 2.75) is 39.4 Å². The van der Waals surface area contributed by atoms with E-state index in [4.69, 9.17) is 9.47 Å². The van der Waals surface area contributed by atoms with Gasteiger partial charge in [-0.1, -0.05) is 18.2 Å². The highest BCUT2D eigenvalue weighted by atomic mass is 19.1. The Kier molecular flexibility index (Phi) is 5.28. The second kappa shape index (κ2) is 6.50. The van der Waals surface area contributed by atoms with Crippen LogP contribution >= 0.6 is 0 Å². The van der Waals surface area contributed by atoms with Crippen LogP contribution in [0.15, 0.2) is 24.3 Å². The molecule has 1 aromatic rings. The first-order valence-electron chi connectivity index (χ1n) is 5.91. The molecule has 18 heavy (non-hydrogen) atoms. The first-order chi connectivity index (χ1) is 8.38. The molecule has 0 amide bonds. The molecule has 0 unspecified atom stereocenters. The quantitative estimate of drug-likeness (QED) is 0.598. The molecule has 0 aromatic heterocycles. The number of carbonyl (C=O) groups excluding carboxylic acids is 1. The van der Waals surface area contributed by atoms with Crippen LogP contribution < -0.4 is 0 Å². The van der Waals surface area contributed by atoms with Gasteiger partial charge in [-0.15, -0.1) is 0 Å². The molecule has 0 aliphatic carbocycles. The van der Waals surface area contributed by atoms with Crippen molar-refractivity contribution >= 4 is 5.97 Å². The summed E-state index contributed by atoms with van der Waals surface area (Å²) in [6, 6.07) is 6.41. The lowest BCUT2D eigenvalue weighted by Crippen LogP contribution is -2.24. The standard InChI is InChI=1S/C14H19FO3/c1-14(2,3)18-13(16)8-9-17-10-11-6-4-5-7-12(11)15/h4-7H,8-10H2,1-3H3. The smallest absolute Gasteiger partial charge is 0.308 e. The Labute approximate surface area is 107 Å². The Balaban J connectivity index is 2.23. The summed E-state index contributed by atoms with van der Waals surface area (Å²) in [7, 11) is 0. The molecule has 0 aliphatic rings. The Hall–Kier alpha value is -1.42. The van der Waals surface area contributed by atoms with Crippen LogP contribution in [-0.4, -0.2) is 18.2 Å². The van der Waals surface area contributed by atoms with Gasteiger partial charge in [-0.25, -0.2) is 4.39 Å². The van der Waals surface area contributed by atoms with Gasteiger partial charge in [0.25, 0.3) is 0 Å². The van der Waals surface area contributed by atoms with Gasteiger partial charge in [-0.3, -0.25) is 4.79 Å². The molecular formula is C14H19FO3. The van der Waals surface area contributed by atoms with Gasteiger partial charge >= 0.3 is 5.97 Å². The van der Waals surface area contributed by atoms with Gasteiger partial charge in [-0.2, -0.15) is 0 Å². The van der Waals surface area contributed by atoms with E-state index in [2.05, 4.69) is 0 Å². The summed E-state index contributed by atoms with van der Waals surface area (Å²) in [6.07, 6.45) is 0.172. The first-order valence-corrected chi connectivity index (χ1v) is 5.91. The van der Waals surface area contributed by atoms with Crippen LogP contribution in [0.1, 0.15) is 32.8 Å². The molecule has 0 spiro atoms. The number of ether oxygens (including phenoxy) is 2. The number of benzene rings is 1. The van der Waals surface area contributed by atoms with Crippen LogP contribution in [0.25, 0.3) is 0 Å². The maximum Gasteiger partial charge on any atom is 0.308 e. The Morgan fingerprint density at radius 1 is 1.28 bits per heavy atom. The van der Waals surface area contributed by atoms with Crippen LogP contribution in [0.2, 0.25) is 0 Å². The molecule has 0 atom stereocenters. The second-order valence-electron chi connectivity index (χ2n) is 4.98. The number of hydrogen-bond acceptors (Lipinski definition) is 3. The van der Waals surface area contributed by atoms with E-state index in [1.54, 1.807) is 18.2 Å². The van der Waals surface area contributed by atoms with Crippen LogP contribution in [0.4, 0.5) is 4.39 Å². The van der Waals surface area contributed by atoms with Crippen molar-refractivity contribution in [2.24, 2.45) is 0 Å². The van der Waals surface area contributed by atoms with Gasteiger partial charge in [0, 0.05) is 5.56 Å². The van der Waals surface area contributed by atoms with E-state index in [1.165, 1.54) is 6.07 Å². The molecule has 1 rings (SSSR count). The molecule has 4 heteroatoms. The third-order valence-corrected chi connectivity index (χ3v) is 2.09. The van der Waals surface area contributed by atoms with E-state index in [0.717, 1.165) is 0 Å². The van der Waals surface area contributed by atoms with Gasteiger partial charge < -0.3 is 9.47 Å². The summed E-state index contributed by atoms with van der Waals surface area (Å²) in [5.74, 6) is -0.606. The van der Waals surface area contributed by atoms with E-state index in [1.807, 2.05) is 20.8 Å². The normalized spacial score (nSPS) is 11.3. The largest absolute Gasteiger partial charge is 0.460 e. The lowest BCUT2D eigenvalue weighted by Gasteiger charge is -2.19. The number of carbonyl (C=O) groups is 1. The Morgan fingerprint density at radius 3 is 2.56 bits per heavy atom. The average molecular weight is 254 g/mol. The minimum atomic E-state index is -0.484. The summed E-state index contributed by atoms with van der Waals surface area (Å²) in [6.45, 7) is 5.82. The average Bonchev–Trinajstić information content (AvgIpc) is 2.24. The number of halogens is 1. The third-order valence-electron chi connectivity index (χ3n) is 2.09. The summed E-state index contributed by atoms with van der Waals surface area (Å²) in [4.78, 5) is 11.4. The van der Waals surface area contributed by atoms with E-state index in [9.17, 15) is 9.18 Å². The lowest BCUT2D eigenvalue weighted by atomic mass is 10.2. The van der Waals surface area contributed by atoms with Gasteiger partial charge in [0.2, 0.25) is 0 Å². The number of hydrogen-bond donors (Lipinski definition) is 0. The third kappa shape index (κ3) is 5.77. The summed E-state index contributed by atoms with van der Waals surface area (Å²) in [5.41, 5.74) is 0.00416. The summed E-state index contributed by atoms with van der Waals surface area (Å²) in [5, 5.41) is 0. The molecule has 0 saturated heterocycles. The van der Waals surface area contributed by atoms with E-state index >= 15 is 0 Å². The highest BCUT2D eigenvalue weighted by Gasteiger charge is 2.15. The Bertz CT molecular complexity index is 396. The van der Waals surface area contributed by atoms with E-state index < -0.39 is 5.60 Å². The molecule has 100 valence electrons. The zero-order valence-corrected chi connectivity index (χ0v) is 11.0. The number of rotatable bonds is 5. The zero-order chi connectivity index (χ0) is 13.6. The molecule has 0 heterocycles. The van der Waals surface area contributed by atoms with Crippen molar-refractivity contribution in [2.75, 3.05) is 6.61 Å². The van der Waals surface area contributed by atoms with Gasteiger partial charge in [0.1, 0.15) is 11.4 Å². The van der Waals surface area contributed by atoms with Crippen molar-refractivity contribution < 1.29 is 18.7 Å². The topological polar surface area (TPSA) is 35.5 Å². The molecule has 0 fully saturated rings. The van der Waals surface area contributed by atoms with Crippen molar-refractivity contribution in [1.82, 2.24) is 0 Å². The highest BCUT2D eigenvalue weighted by molar-refractivity contribution is 5.69. The predicted octanol–water partition coefficient (Wildman–Crippen LogP) is 3.07. The van der Waals surface area contributed by atoms with Crippen LogP contribution in [-0.2, 0) is 20.9 Å². The fourth-order valence-corrected chi connectivity index (χ4v) is 1.35. The van der Waals surface area contributed by atoms with E-state index in [-0.39, 0.29) is 31.4 Å². The van der Waals surface area contributed by atoms with Crippen molar-refractivity contribution in [3.8, 4) is 0 Å². The molecule has 0 saturated carbocycles. The van der Waals surface area contributed by atoms with E-state index in [0.29, 0.717) is 5.56 Å². The minimum absolute atomic E-state index is 0.162. The molecule has 0 radical (unpaired) electrons. The first kappa shape index (κ1) is 14.6. The number of esters is 1. The SMILES string of the molecule is CC(C)(C)OC(=O)CCOCc1ccccc1F. The Morgan fingerprint density at radius 2 is 1.94 bits per heavy atom. The molecule has 0 N–H and O–H groups in total. The van der Waals surface area contributed by atoms with Crippen molar-refractivity contribution in [3.05, 3.63) is 35.6 Å². The van der Waals surface area contributed by atoms with Crippen molar-refractivity contribution in [3.63, 3.8) is 0 Å². The minimum Gasteiger partial charge on any atom is -0.460 e. The van der Waals surface area contributed by atoms with Crippen LogP contribution in [0.3, 0.4) is 0 Å². The lowest BCUT2D eigenvalue weighted by molar-refractivity contribution is -0.156. The molecule has 0 bridgehead atoms. The summed E-state index contributed by atoms with van der Waals surface area (Å²) < 4.78 is 23.6. The zero-order valence-electron chi connectivity index (χ0n) is 11.0. The monoisotopic (exact) mass is 254 g/mol. The fraction of sp³-hybridized carbons (Fsp3) is 0.500. The van der Waals surface area contributed by atoms with Gasteiger partial charge in [0.15, 0.2) is 0 Å². The van der Waals surface area contributed by atoms with Gasteiger partial charge in [-0.05, 0) is 26.8 Å². The predicted molar refractivity (Wildman–Crippen MR) is 66.5 cm³/mol. The van der Waals surface area contributed by atoms with Crippen molar-refractivity contribution in [1.29, 1.82) is 0 Å².